The van der Waals surface area contributed by atoms with Crippen LogP contribution in [0, 0.1) is 5.92 Å². The van der Waals surface area contributed by atoms with Crippen molar-refractivity contribution in [1.82, 2.24) is 9.80 Å². The standard InChI is InChI=1S/C27H33N3O3.C4H8O/c1-2-33-21-11-8-19(9-12-21)25-22-7-6-16-30(18-31)26(22)23-17-20(10-13-24(23)28-25)27(32)29-14-4-3-5-15-29;1-3-4-5-2/h8-13,17-18,22,25-26,28H,2-7,14-16H2,1H3;3H,1,4H2,2H3. The second kappa shape index (κ2) is 13.5. The van der Waals surface area contributed by atoms with Crippen LogP contribution in [0.5, 0.6) is 5.75 Å². The summed E-state index contributed by atoms with van der Waals surface area (Å²) < 4.78 is 10.2. The monoisotopic (exact) mass is 519 g/mol. The van der Waals surface area contributed by atoms with E-state index in [9.17, 15) is 9.59 Å². The van der Waals surface area contributed by atoms with E-state index in [4.69, 9.17) is 4.74 Å². The number of benzene rings is 2. The first kappa shape index (κ1) is 27.7. The zero-order chi connectivity index (χ0) is 26.9. The molecule has 0 aliphatic carbocycles. The molecule has 3 atom stereocenters. The Balaban J connectivity index is 0.000000617. The third kappa shape index (κ3) is 6.21. The third-order valence-corrected chi connectivity index (χ3v) is 7.69. The first-order valence-corrected chi connectivity index (χ1v) is 13.8. The van der Waals surface area contributed by atoms with Crippen LogP contribution in [0.25, 0.3) is 0 Å². The molecule has 0 radical (unpaired) electrons. The van der Waals surface area contributed by atoms with E-state index in [0.29, 0.717) is 13.2 Å². The molecule has 2 fully saturated rings. The van der Waals surface area contributed by atoms with Crippen LogP contribution in [-0.2, 0) is 9.53 Å². The Bertz CT molecular complexity index is 1080. The molecule has 3 heterocycles. The van der Waals surface area contributed by atoms with E-state index < -0.39 is 0 Å². The molecule has 0 aromatic heterocycles. The predicted molar refractivity (Wildman–Crippen MR) is 150 cm³/mol. The molecule has 5 rings (SSSR count). The van der Waals surface area contributed by atoms with Gasteiger partial charge in [0.15, 0.2) is 0 Å². The van der Waals surface area contributed by atoms with E-state index >= 15 is 0 Å². The van der Waals surface area contributed by atoms with Gasteiger partial charge in [0.05, 0.1) is 25.3 Å². The highest BCUT2D eigenvalue weighted by Gasteiger charge is 2.42. The van der Waals surface area contributed by atoms with Crippen LogP contribution in [0.2, 0.25) is 0 Å². The summed E-state index contributed by atoms with van der Waals surface area (Å²) in [5, 5.41) is 3.75. The number of amides is 2. The Morgan fingerprint density at radius 3 is 2.47 bits per heavy atom. The number of fused-ring (bicyclic) bond motifs is 3. The number of methoxy groups -OCH3 is 1. The van der Waals surface area contributed by atoms with Crippen molar-refractivity contribution in [3.05, 3.63) is 71.8 Å². The average molecular weight is 520 g/mol. The smallest absolute Gasteiger partial charge is 0.253 e. The summed E-state index contributed by atoms with van der Waals surface area (Å²) in [5.41, 5.74) is 4.00. The summed E-state index contributed by atoms with van der Waals surface area (Å²) in [6, 6.07) is 14.4. The molecule has 0 spiro atoms. The molecule has 7 heteroatoms. The molecule has 3 aliphatic rings. The molecule has 3 unspecified atom stereocenters. The molecule has 7 nitrogen and oxygen atoms in total. The van der Waals surface area contributed by atoms with Gasteiger partial charge in [0, 0.05) is 43.9 Å². The van der Waals surface area contributed by atoms with Crippen LogP contribution in [0.3, 0.4) is 0 Å². The molecule has 0 saturated carbocycles. The fourth-order valence-corrected chi connectivity index (χ4v) is 5.94. The van der Waals surface area contributed by atoms with Crippen LogP contribution in [-0.4, -0.2) is 62.1 Å². The minimum absolute atomic E-state index is 0.0295. The zero-order valence-corrected chi connectivity index (χ0v) is 22.7. The molecule has 0 bridgehead atoms. The van der Waals surface area contributed by atoms with Crippen molar-refractivity contribution in [2.45, 2.75) is 51.1 Å². The average Bonchev–Trinajstić information content (AvgIpc) is 2.97. The molecular formula is C31H41N3O4. The van der Waals surface area contributed by atoms with E-state index in [1.807, 2.05) is 47.1 Å². The van der Waals surface area contributed by atoms with Crippen molar-refractivity contribution in [3.8, 4) is 5.75 Å². The molecule has 2 saturated heterocycles. The maximum Gasteiger partial charge on any atom is 0.253 e. The van der Waals surface area contributed by atoms with E-state index in [1.165, 1.54) is 12.0 Å². The van der Waals surface area contributed by atoms with Gasteiger partial charge in [-0.2, -0.15) is 0 Å². The number of ether oxygens (including phenoxy) is 2. The first-order valence-electron chi connectivity index (χ1n) is 13.8. The largest absolute Gasteiger partial charge is 0.494 e. The number of hydrogen-bond acceptors (Lipinski definition) is 5. The molecule has 2 aromatic rings. The molecule has 2 amide bonds. The number of nitrogens with one attached hydrogen (secondary N) is 1. The summed E-state index contributed by atoms with van der Waals surface area (Å²) in [7, 11) is 1.64. The number of anilines is 1. The maximum absolute atomic E-state index is 13.2. The van der Waals surface area contributed by atoms with E-state index in [-0.39, 0.29) is 23.9 Å². The van der Waals surface area contributed by atoms with Gasteiger partial charge in [-0.05, 0) is 80.5 Å². The van der Waals surface area contributed by atoms with Crippen LogP contribution in [0.15, 0.2) is 55.1 Å². The lowest BCUT2D eigenvalue weighted by Crippen LogP contribution is -2.45. The van der Waals surface area contributed by atoms with Gasteiger partial charge in [-0.3, -0.25) is 9.59 Å². The van der Waals surface area contributed by atoms with Crippen LogP contribution in [0.4, 0.5) is 5.69 Å². The highest BCUT2D eigenvalue weighted by molar-refractivity contribution is 5.95. The number of nitrogens with zero attached hydrogens (tertiary/aromatic N) is 2. The van der Waals surface area contributed by atoms with Crippen LogP contribution >= 0.6 is 0 Å². The fourth-order valence-electron chi connectivity index (χ4n) is 5.94. The Hall–Kier alpha value is -3.32. The van der Waals surface area contributed by atoms with Gasteiger partial charge in [0.2, 0.25) is 6.41 Å². The number of carbonyl (C=O) groups excluding carboxylic acids is 2. The second-order valence-corrected chi connectivity index (χ2v) is 10.1. The molecule has 3 aliphatic heterocycles. The van der Waals surface area contributed by atoms with Gasteiger partial charge in [-0.25, -0.2) is 0 Å². The molecule has 2 aromatic carbocycles. The van der Waals surface area contributed by atoms with Crippen molar-refractivity contribution in [2.75, 3.05) is 45.3 Å². The van der Waals surface area contributed by atoms with Gasteiger partial charge >= 0.3 is 0 Å². The third-order valence-electron chi connectivity index (χ3n) is 7.69. The van der Waals surface area contributed by atoms with Crippen molar-refractivity contribution in [1.29, 1.82) is 0 Å². The van der Waals surface area contributed by atoms with Crippen molar-refractivity contribution in [3.63, 3.8) is 0 Å². The van der Waals surface area contributed by atoms with Gasteiger partial charge < -0.3 is 24.6 Å². The molecule has 38 heavy (non-hydrogen) atoms. The van der Waals surface area contributed by atoms with E-state index in [0.717, 1.165) is 74.3 Å². The lowest BCUT2D eigenvalue weighted by atomic mass is 9.74. The Morgan fingerprint density at radius 2 is 1.84 bits per heavy atom. The fraction of sp³-hybridized carbons (Fsp3) is 0.484. The lowest BCUT2D eigenvalue weighted by molar-refractivity contribution is -0.123. The number of rotatable bonds is 7. The Morgan fingerprint density at radius 1 is 1.08 bits per heavy atom. The topological polar surface area (TPSA) is 71.1 Å². The summed E-state index contributed by atoms with van der Waals surface area (Å²) in [6.45, 7) is 9.13. The summed E-state index contributed by atoms with van der Waals surface area (Å²) in [5.74, 6) is 1.22. The van der Waals surface area contributed by atoms with Crippen molar-refractivity contribution >= 4 is 18.0 Å². The van der Waals surface area contributed by atoms with Gasteiger partial charge in [-0.15, -0.1) is 6.58 Å². The minimum Gasteiger partial charge on any atom is -0.494 e. The second-order valence-electron chi connectivity index (χ2n) is 10.1. The predicted octanol–water partition coefficient (Wildman–Crippen LogP) is 5.61. The summed E-state index contributed by atoms with van der Waals surface area (Å²) in [4.78, 5) is 29.1. The number of likely N-dealkylation sites (tertiary alicyclic amines) is 2. The highest BCUT2D eigenvalue weighted by Crippen LogP contribution is 2.50. The minimum atomic E-state index is -0.0295. The molecule has 204 valence electrons. The van der Waals surface area contributed by atoms with Gasteiger partial charge in [-0.1, -0.05) is 18.2 Å². The van der Waals surface area contributed by atoms with Gasteiger partial charge in [0.25, 0.3) is 5.91 Å². The maximum atomic E-state index is 13.2. The van der Waals surface area contributed by atoms with Crippen molar-refractivity contribution < 1.29 is 19.1 Å². The SMILES string of the molecule is C=CCOC.CCOc1ccc(C2Nc3ccc(C(=O)N4CCCCC4)cc3C3C2CCCN3C=O)cc1. The highest BCUT2D eigenvalue weighted by atomic mass is 16.5. The van der Waals surface area contributed by atoms with Crippen LogP contribution in [0.1, 0.15) is 72.6 Å². The normalized spacial score (nSPS) is 22.1. The number of carbonyl (C=O) groups is 2. The molecular weight excluding hydrogens is 478 g/mol. The Labute approximate surface area is 226 Å². The lowest BCUT2D eigenvalue weighted by Gasteiger charge is -2.48. The number of piperidine rings is 2. The summed E-state index contributed by atoms with van der Waals surface area (Å²) in [6.07, 6.45) is 8.06. The molecule has 1 N–H and O–H groups in total. The first-order chi connectivity index (χ1) is 18.6. The Kier molecular flexibility index (Phi) is 9.82. The van der Waals surface area contributed by atoms with Crippen LogP contribution < -0.4 is 10.1 Å². The quantitative estimate of drug-likeness (QED) is 0.381. The number of hydrogen-bond donors (Lipinski definition) is 1. The zero-order valence-electron chi connectivity index (χ0n) is 22.7. The summed E-state index contributed by atoms with van der Waals surface area (Å²) >= 11 is 0. The van der Waals surface area contributed by atoms with E-state index in [1.54, 1.807) is 13.2 Å². The van der Waals surface area contributed by atoms with Crippen molar-refractivity contribution in [2.24, 2.45) is 5.92 Å². The van der Waals surface area contributed by atoms with E-state index in [2.05, 4.69) is 28.8 Å². The van der Waals surface area contributed by atoms with Gasteiger partial charge in [0.1, 0.15) is 5.75 Å².